The Bertz CT molecular complexity index is 628. The molecule has 104 valence electrons. The minimum atomic E-state index is -1.15. The van der Waals surface area contributed by atoms with Crippen molar-refractivity contribution in [3.05, 3.63) is 53.5 Å². The van der Waals surface area contributed by atoms with Gasteiger partial charge in [-0.1, -0.05) is 12.1 Å². The zero-order valence-electron chi connectivity index (χ0n) is 10.7. The second-order valence-electron chi connectivity index (χ2n) is 3.85. The molecule has 0 bridgehead atoms. The van der Waals surface area contributed by atoms with Crippen LogP contribution in [0.5, 0.6) is 5.75 Å². The molecule has 2 rings (SSSR count). The highest BCUT2D eigenvalue weighted by Crippen LogP contribution is 2.20. The third-order valence-electron chi connectivity index (χ3n) is 2.53. The summed E-state index contributed by atoms with van der Waals surface area (Å²) in [5, 5.41) is 8.74. The van der Waals surface area contributed by atoms with Crippen LogP contribution in [0.4, 0.5) is 0 Å². The molecule has 0 aliphatic heterocycles. The number of carbonyl (C=O) groups excluding carboxylic acids is 1. The summed E-state index contributed by atoms with van der Waals surface area (Å²) in [6.45, 7) is 0.0152. The molecule has 1 heterocycles. The first kappa shape index (κ1) is 13.7. The number of carbonyl (C=O) groups is 2. The van der Waals surface area contributed by atoms with Crippen molar-refractivity contribution in [1.29, 1.82) is 0 Å². The van der Waals surface area contributed by atoms with Crippen molar-refractivity contribution in [3.8, 4) is 5.75 Å². The maximum Gasteiger partial charge on any atom is 0.371 e. The Labute approximate surface area is 114 Å². The van der Waals surface area contributed by atoms with Crippen molar-refractivity contribution < 1.29 is 28.6 Å². The molecule has 6 nitrogen and oxygen atoms in total. The molecular formula is C14H12O6. The normalized spacial score (nSPS) is 10.1. The van der Waals surface area contributed by atoms with Gasteiger partial charge in [0.2, 0.25) is 5.76 Å². The first-order valence-corrected chi connectivity index (χ1v) is 5.74. The number of esters is 1. The Balaban J connectivity index is 2.10. The zero-order valence-corrected chi connectivity index (χ0v) is 10.7. The smallest absolute Gasteiger partial charge is 0.371 e. The van der Waals surface area contributed by atoms with Crippen molar-refractivity contribution in [3.63, 3.8) is 0 Å². The van der Waals surface area contributed by atoms with Crippen LogP contribution in [0, 0.1) is 0 Å². The summed E-state index contributed by atoms with van der Waals surface area (Å²) in [4.78, 5) is 22.2. The molecule has 1 N–H and O–H groups in total. The van der Waals surface area contributed by atoms with Crippen LogP contribution in [0.25, 0.3) is 0 Å². The van der Waals surface area contributed by atoms with Crippen LogP contribution in [-0.2, 0) is 11.3 Å². The number of methoxy groups -OCH3 is 1. The Morgan fingerprint density at radius 1 is 1.20 bits per heavy atom. The van der Waals surface area contributed by atoms with Crippen molar-refractivity contribution in [1.82, 2.24) is 0 Å². The maximum absolute atomic E-state index is 11.5. The lowest BCUT2D eigenvalue weighted by molar-refractivity contribution is 0.0594. The third-order valence-corrected chi connectivity index (χ3v) is 2.53. The Kier molecular flexibility index (Phi) is 4.05. The lowest BCUT2D eigenvalue weighted by Crippen LogP contribution is -2.05. The molecule has 1 aromatic carbocycles. The van der Waals surface area contributed by atoms with E-state index in [1.165, 1.54) is 19.2 Å². The van der Waals surface area contributed by atoms with Crippen LogP contribution >= 0.6 is 0 Å². The van der Waals surface area contributed by atoms with Gasteiger partial charge in [0.05, 0.1) is 7.11 Å². The van der Waals surface area contributed by atoms with E-state index >= 15 is 0 Å². The third kappa shape index (κ3) is 2.97. The van der Waals surface area contributed by atoms with Crippen molar-refractivity contribution in [2.45, 2.75) is 6.61 Å². The predicted molar refractivity (Wildman–Crippen MR) is 67.8 cm³/mol. The standard InChI is InChI=1S/C14H12O6/c1-18-14(17)10-4-2-3-5-11(10)19-8-9-6-7-12(20-9)13(15)16/h2-7H,8H2,1H3,(H,15,16). The summed E-state index contributed by atoms with van der Waals surface area (Å²) in [6.07, 6.45) is 0. The van der Waals surface area contributed by atoms with E-state index in [4.69, 9.17) is 14.3 Å². The fraction of sp³-hybridized carbons (Fsp3) is 0.143. The van der Waals surface area contributed by atoms with Crippen molar-refractivity contribution >= 4 is 11.9 Å². The second-order valence-corrected chi connectivity index (χ2v) is 3.85. The van der Waals surface area contributed by atoms with Crippen LogP contribution in [0.2, 0.25) is 0 Å². The Morgan fingerprint density at radius 2 is 1.95 bits per heavy atom. The van der Waals surface area contributed by atoms with E-state index in [2.05, 4.69) is 4.74 Å². The molecule has 0 aliphatic carbocycles. The van der Waals surface area contributed by atoms with Gasteiger partial charge in [-0.25, -0.2) is 9.59 Å². The number of hydrogen-bond donors (Lipinski definition) is 1. The number of hydrogen-bond acceptors (Lipinski definition) is 5. The lowest BCUT2D eigenvalue weighted by Gasteiger charge is -2.08. The molecule has 0 saturated carbocycles. The summed E-state index contributed by atoms with van der Waals surface area (Å²) in [7, 11) is 1.28. The molecule has 2 aromatic rings. The number of carboxylic acid groups (broad SMARTS) is 1. The van der Waals surface area contributed by atoms with Gasteiger partial charge in [-0.2, -0.15) is 0 Å². The zero-order chi connectivity index (χ0) is 14.5. The fourth-order valence-corrected chi connectivity index (χ4v) is 1.59. The molecule has 6 heteroatoms. The van der Waals surface area contributed by atoms with E-state index in [1.807, 2.05) is 0 Å². The van der Waals surface area contributed by atoms with Gasteiger partial charge in [-0.15, -0.1) is 0 Å². The molecule has 0 atom stereocenters. The van der Waals surface area contributed by atoms with Crippen LogP contribution in [0.3, 0.4) is 0 Å². The lowest BCUT2D eigenvalue weighted by atomic mass is 10.2. The summed E-state index contributed by atoms with van der Waals surface area (Å²) < 4.78 is 15.1. The molecule has 0 unspecified atom stereocenters. The Hall–Kier alpha value is -2.76. The van der Waals surface area contributed by atoms with Gasteiger partial charge in [0.1, 0.15) is 23.7 Å². The largest absolute Gasteiger partial charge is 0.485 e. The number of carboxylic acids is 1. The quantitative estimate of drug-likeness (QED) is 0.843. The number of ether oxygens (including phenoxy) is 2. The highest BCUT2D eigenvalue weighted by molar-refractivity contribution is 5.92. The van der Waals surface area contributed by atoms with Gasteiger partial charge in [-0.05, 0) is 24.3 Å². The monoisotopic (exact) mass is 276 g/mol. The molecule has 0 aliphatic rings. The Morgan fingerprint density at radius 3 is 2.60 bits per heavy atom. The number of rotatable bonds is 5. The van der Waals surface area contributed by atoms with Crippen molar-refractivity contribution in [2.75, 3.05) is 7.11 Å². The van der Waals surface area contributed by atoms with Gasteiger partial charge in [0.25, 0.3) is 0 Å². The van der Waals surface area contributed by atoms with Crippen LogP contribution < -0.4 is 4.74 Å². The molecule has 0 radical (unpaired) electrons. The molecule has 1 aromatic heterocycles. The SMILES string of the molecule is COC(=O)c1ccccc1OCc1ccc(C(=O)O)o1. The number of para-hydroxylation sites is 1. The topological polar surface area (TPSA) is 86.0 Å². The van der Waals surface area contributed by atoms with E-state index in [0.717, 1.165) is 0 Å². The average Bonchev–Trinajstić information content (AvgIpc) is 2.93. The highest BCUT2D eigenvalue weighted by Gasteiger charge is 2.13. The minimum Gasteiger partial charge on any atom is -0.485 e. The van der Waals surface area contributed by atoms with Gasteiger partial charge in [0.15, 0.2) is 0 Å². The van der Waals surface area contributed by atoms with E-state index in [0.29, 0.717) is 17.1 Å². The van der Waals surface area contributed by atoms with Crippen LogP contribution in [-0.4, -0.2) is 24.2 Å². The van der Waals surface area contributed by atoms with E-state index in [-0.39, 0.29) is 12.4 Å². The van der Waals surface area contributed by atoms with Crippen molar-refractivity contribution in [2.24, 2.45) is 0 Å². The van der Waals surface area contributed by atoms with Crippen LogP contribution in [0.15, 0.2) is 40.8 Å². The van der Waals surface area contributed by atoms with E-state index in [1.54, 1.807) is 24.3 Å². The summed E-state index contributed by atoms with van der Waals surface area (Å²) in [6, 6.07) is 9.44. The second kappa shape index (κ2) is 5.92. The van der Waals surface area contributed by atoms with Crippen LogP contribution in [0.1, 0.15) is 26.7 Å². The molecule has 0 saturated heterocycles. The van der Waals surface area contributed by atoms with Gasteiger partial charge < -0.3 is 19.0 Å². The first-order chi connectivity index (χ1) is 9.61. The summed E-state index contributed by atoms with van der Waals surface area (Å²) in [5.41, 5.74) is 0.292. The van der Waals surface area contributed by atoms with Gasteiger partial charge in [0, 0.05) is 0 Å². The summed E-state index contributed by atoms with van der Waals surface area (Å²) >= 11 is 0. The number of aromatic carboxylic acids is 1. The molecular weight excluding hydrogens is 264 g/mol. The van der Waals surface area contributed by atoms with Gasteiger partial charge in [-0.3, -0.25) is 0 Å². The predicted octanol–water partition coefficient (Wildman–Crippen LogP) is 2.34. The molecule has 0 fully saturated rings. The highest BCUT2D eigenvalue weighted by atomic mass is 16.5. The maximum atomic E-state index is 11.5. The number of benzene rings is 1. The molecule has 0 amide bonds. The number of furan rings is 1. The van der Waals surface area contributed by atoms with E-state index in [9.17, 15) is 9.59 Å². The minimum absolute atomic E-state index is 0.0152. The fourth-order valence-electron chi connectivity index (χ4n) is 1.59. The average molecular weight is 276 g/mol. The first-order valence-electron chi connectivity index (χ1n) is 5.74. The summed E-state index contributed by atoms with van der Waals surface area (Å²) in [5.74, 6) is -1.13. The molecule has 0 spiro atoms. The van der Waals surface area contributed by atoms with E-state index < -0.39 is 11.9 Å². The van der Waals surface area contributed by atoms with Gasteiger partial charge >= 0.3 is 11.9 Å². The molecule has 20 heavy (non-hydrogen) atoms.